The molecule has 0 aromatic carbocycles. The topological polar surface area (TPSA) is 69.6 Å². The van der Waals surface area contributed by atoms with Gasteiger partial charge in [-0.3, -0.25) is 9.59 Å². The van der Waals surface area contributed by atoms with Gasteiger partial charge in [0, 0.05) is 26.1 Å². The van der Waals surface area contributed by atoms with Gasteiger partial charge in [-0.1, -0.05) is 19.8 Å². The normalized spacial score (nSPS) is 17.7. The Labute approximate surface area is 121 Å². The molecule has 5 nitrogen and oxygen atoms in total. The van der Waals surface area contributed by atoms with Crippen molar-refractivity contribution in [1.29, 1.82) is 0 Å². The van der Waals surface area contributed by atoms with E-state index in [1.54, 1.807) is 4.90 Å². The molecule has 1 aliphatic heterocycles. The van der Waals surface area contributed by atoms with Crippen molar-refractivity contribution in [3.63, 3.8) is 0 Å². The zero-order chi connectivity index (χ0) is 14.8. The molecule has 0 spiro atoms. The van der Waals surface area contributed by atoms with E-state index in [0.29, 0.717) is 25.4 Å². The summed E-state index contributed by atoms with van der Waals surface area (Å²) in [5.74, 6) is 0.339. The van der Waals surface area contributed by atoms with Gasteiger partial charge < -0.3 is 15.3 Å². The number of nitrogens with one attached hydrogen (secondary N) is 1. The lowest BCUT2D eigenvalue weighted by molar-refractivity contribution is -0.135. The largest absolute Gasteiger partial charge is 0.396 e. The number of amides is 2. The van der Waals surface area contributed by atoms with Crippen LogP contribution in [0, 0.1) is 5.92 Å². The average Bonchev–Trinajstić information content (AvgIpc) is 2.62. The van der Waals surface area contributed by atoms with Crippen molar-refractivity contribution in [1.82, 2.24) is 10.2 Å². The van der Waals surface area contributed by atoms with Crippen LogP contribution in [-0.2, 0) is 9.59 Å². The maximum Gasteiger partial charge on any atom is 0.239 e. The van der Waals surface area contributed by atoms with Gasteiger partial charge in [0.05, 0.1) is 6.54 Å². The minimum Gasteiger partial charge on any atom is -0.396 e. The summed E-state index contributed by atoms with van der Waals surface area (Å²) in [5.41, 5.74) is 0. The van der Waals surface area contributed by atoms with E-state index < -0.39 is 0 Å². The Bertz CT molecular complexity index is 301. The molecule has 0 aromatic heterocycles. The van der Waals surface area contributed by atoms with Crippen molar-refractivity contribution in [3.05, 3.63) is 0 Å². The SMILES string of the molecule is CCCC(CCO)CNC(=O)CN1CCCCCC1=O. The maximum absolute atomic E-state index is 11.9. The Morgan fingerprint density at radius 1 is 1.35 bits per heavy atom. The number of hydrogen-bond donors (Lipinski definition) is 2. The van der Waals surface area contributed by atoms with Gasteiger partial charge in [-0.15, -0.1) is 0 Å². The van der Waals surface area contributed by atoms with Crippen LogP contribution in [0.25, 0.3) is 0 Å². The molecule has 1 rings (SSSR count). The zero-order valence-corrected chi connectivity index (χ0v) is 12.6. The van der Waals surface area contributed by atoms with Gasteiger partial charge in [0.25, 0.3) is 0 Å². The van der Waals surface area contributed by atoms with E-state index in [2.05, 4.69) is 12.2 Å². The molecule has 116 valence electrons. The van der Waals surface area contributed by atoms with Crippen molar-refractivity contribution < 1.29 is 14.7 Å². The van der Waals surface area contributed by atoms with E-state index >= 15 is 0 Å². The molecule has 1 fully saturated rings. The number of rotatable bonds is 8. The fraction of sp³-hybridized carbons (Fsp3) is 0.867. The van der Waals surface area contributed by atoms with Crippen LogP contribution in [0.3, 0.4) is 0 Å². The third-order valence-electron chi connectivity index (χ3n) is 3.83. The number of aliphatic hydroxyl groups is 1. The third-order valence-corrected chi connectivity index (χ3v) is 3.83. The highest BCUT2D eigenvalue weighted by Crippen LogP contribution is 2.11. The van der Waals surface area contributed by atoms with Crippen LogP contribution in [-0.4, -0.2) is 48.1 Å². The van der Waals surface area contributed by atoms with Crippen LogP contribution in [0.4, 0.5) is 0 Å². The predicted octanol–water partition coefficient (Wildman–Crippen LogP) is 1.30. The fourth-order valence-corrected chi connectivity index (χ4v) is 2.63. The molecule has 5 heteroatoms. The van der Waals surface area contributed by atoms with E-state index in [0.717, 1.165) is 38.5 Å². The lowest BCUT2D eigenvalue weighted by atomic mass is 10.0. The van der Waals surface area contributed by atoms with Gasteiger partial charge in [0.2, 0.25) is 11.8 Å². The fourth-order valence-electron chi connectivity index (χ4n) is 2.63. The minimum absolute atomic E-state index is 0.0840. The second kappa shape index (κ2) is 9.75. The number of hydrogen-bond acceptors (Lipinski definition) is 3. The van der Waals surface area contributed by atoms with Crippen LogP contribution < -0.4 is 5.32 Å². The molecule has 20 heavy (non-hydrogen) atoms. The van der Waals surface area contributed by atoms with Gasteiger partial charge in [-0.2, -0.15) is 0 Å². The first-order valence-corrected chi connectivity index (χ1v) is 7.82. The highest BCUT2D eigenvalue weighted by atomic mass is 16.3. The molecule has 1 saturated heterocycles. The smallest absolute Gasteiger partial charge is 0.239 e. The highest BCUT2D eigenvalue weighted by molar-refractivity contribution is 5.84. The van der Waals surface area contributed by atoms with Gasteiger partial charge in [0.15, 0.2) is 0 Å². The minimum atomic E-state index is -0.0840. The summed E-state index contributed by atoms with van der Waals surface area (Å²) in [6, 6.07) is 0. The molecule has 1 aliphatic rings. The number of aliphatic hydroxyl groups excluding tert-OH is 1. The number of carbonyl (C=O) groups is 2. The molecule has 1 heterocycles. The van der Waals surface area contributed by atoms with Crippen LogP contribution in [0.5, 0.6) is 0 Å². The molecule has 2 amide bonds. The summed E-state index contributed by atoms with van der Waals surface area (Å²) >= 11 is 0. The van der Waals surface area contributed by atoms with E-state index in [1.165, 1.54) is 0 Å². The molecule has 1 atom stereocenters. The maximum atomic E-state index is 11.9. The van der Waals surface area contributed by atoms with Crippen molar-refractivity contribution >= 4 is 11.8 Å². The standard InChI is InChI=1S/C15H28N2O3/c1-2-6-13(8-10-18)11-16-14(19)12-17-9-5-3-4-7-15(17)20/h13,18H,2-12H2,1H3,(H,16,19). The summed E-state index contributed by atoms with van der Waals surface area (Å²) in [4.78, 5) is 25.4. The van der Waals surface area contributed by atoms with Gasteiger partial charge in [-0.05, 0) is 31.6 Å². The second-order valence-corrected chi connectivity index (χ2v) is 5.60. The van der Waals surface area contributed by atoms with Crippen molar-refractivity contribution in [2.45, 2.75) is 51.9 Å². The molecular formula is C15H28N2O3. The molecule has 2 N–H and O–H groups in total. The first-order valence-electron chi connectivity index (χ1n) is 7.82. The van der Waals surface area contributed by atoms with E-state index in [1.807, 2.05) is 0 Å². The van der Waals surface area contributed by atoms with E-state index in [4.69, 9.17) is 5.11 Å². The molecule has 0 aromatic rings. The van der Waals surface area contributed by atoms with Gasteiger partial charge in [-0.25, -0.2) is 0 Å². The summed E-state index contributed by atoms with van der Waals surface area (Å²) in [6.45, 7) is 3.72. The van der Waals surface area contributed by atoms with Crippen LogP contribution >= 0.6 is 0 Å². The molecule has 0 bridgehead atoms. The number of likely N-dealkylation sites (tertiary alicyclic amines) is 1. The molecule has 0 saturated carbocycles. The van der Waals surface area contributed by atoms with E-state index in [9.17, 15) is 9.59 Å². The Kier molecular flexibility index (Phi) is 8.26. The highest BCUT2D eigenvalue weighted by Gasteiger charge is 2.19. The zero-order valence-electron chi connectivity index (χ0n) is 12.6. The Hall–Kier alpha value is -1.10. The van der Waals surface area contributed by atoms with Crippen LogP contribution in [0.15, 0.2) is 0 Å². The van der Waals surface area contributed by atoms with E-state index in [-0.39, 0.29) is 25.0 Å². The summed E-state index contributed by atoms with van der Waals surface area (Å²) in [6.07, 6.45) is 6.33. The first kappa shape index (κ1) is 17.0. The third kappa shape index (κ3) is 6.37. The Morgan fingerprint density at radius 2 is 2.15 bits per heavy atom. The van der Waals surface area contributed by atoms with Crippen LogP contribution in [0.2, 0.25) is 0 Å². The molecule has 0 radical (unpaired) electrons. The molecule has 1 unspecified atom stereocenters. The van der Waals surface area contributed by atoms with Crippen LogP contribution in [0.1, 0.15) is 51.9 Å². The quantitative estimate of drug-likeness (QED) is 0.706. The monoisotopic (exact) mass is 284 g/mol. The lowest BCUT2D eigenvalue weighted by Gasteiger charge is -2.21. The summed E-state index contributed by atoms with van der Waals surface area (Å²) in [7, 11) is 0. The molecule has 0 aliphatic carbocycles. The van der Waals surface area contributed by atoms with Gasteiger partial charge >= 0.3 is 0 Å². The summed E-state index contributed by atoms with van der Waals surface area (Å²) in [5, 5.41) is 11.9. The lowest BCUT2D eigenvalue weighted by Crippen LogP contribution is -2.41. The number of nitrogens with zero attached hydrogens (tertiary/aromatic N) is 1. The van der Waals surface area contributed by atoms with Gasteiger partial charge in [0.1, 0.15) is 0 Å². The van der Waals surface area contributed by atoms with Crippen molar-refractivity contribution in [3.8, 4) is 0 Å². The number of carbonyl (C=O) groups excluding carboxylic acids is 2. The molecular weight excluding hydrogens is 256 g/mol. The first-order chi connectivity index (χ1) is 9.67. The predicted molar refractivity (Wildman–Crippen MR) is 78.2 cm³/mol. The van der Waals surface area contributed by atoms with Crippen molar-refractivity contribution in [2.24, 2.45) is 5.92 Å². The Morgan fingerprint density at radius 3 is 2.85 bits per heavy atom. The average molecular weight is 284 g/mol. The second-order valence-electron chi connectivity index (χ2n) is 5.60. The Balaban J connectivity index is 2.32. The van der Waals surface area contributed by atoms with Crippen molar-refractivity contribution in [2.75, 3.05) is 26.2 Å². The summed E-state index contributed by atoms with van der Waals surface area (Å²) < 4.78 is 0.